The molecule has 9 heteroatoms. The molecule has 35 heavy (non-hydrogen) atoms. The molecule has 0 N–H and O–H groups in total. The fourth-order valence-electron chi connectivity index (χ4n) is 3.35. The van der Waals surface area contributed by atoms with E-state index >= 15 is 0 Å². The third-order valence-electron chi connectivity index (χ3n) is 4.86. The lowest BCUT2D eigenvalue weighted by atomic mass is 10.1. The number of benzene rings is 3. The zero-order valence-corrected chi connectivity index (χ0v) is 21.8. The predicted octanol–water partition coefficient (Wildman–Crippen LogP) is 7.26. The van der Waals surface area contributed by atoms with Crippen molar-refractivity contribution in [3.05, 3.63) is 87.2 Å². The molecule has 1 aliphatic rings. The summed E-state index contributed by atoms with van der Waals surface area (Å²) >= 11 is 19.3. The summed E-state index contributed by atoms with van der Waals surface area (Å²) in [6.45, 7) is 2.80. The lowest BCUT2D eigenvalue weighted by Crippen LogP contribution is -2.27. The number of halogens is 2. The molecule has 1 amide bonds. The Balaban J connectivity index is 1.50. The minimum absolute atomic E-state index is 0.183. The molecular formula is C26H21Cl2NO4S2. The van der Waals surface area contributed by atoms with Crippen molar-refractivity contribution in [1.29, 1.82) is 0 Å². The second-order valence-electron chi connectivity index (χ2n) is 7.24. The lowest BCUT2D eigenvalue weighted by Gasteiger charge is -2.15. The molecule has 3 aromatic rings. The van der Waals surface area contributed by atoms with Gasteiger partial charge in [0.15, 0.2) is 15.8 Å². The van der Waals surface area contributed by atoms with Crippen molar-refractivity contribution in [3.63, 3.8) is 0 Å². The number of carbonyl (C=O) groups excluding carboxylic acids is 1. The van der Waals surface area contributed by atoms with E-state index in [-0.39, 0.29) is 19.1 Å². The monoisotopic (exact) mass is 545 g/mol. The summed E-state index contributed by atoms with van der Waals surface area (Å²) < 4.78 is 17.8. The van der Waals surface area contributed by atoms with E-state index in [4.69, 9.17) is 49.6 Å². The molecule has 0 radical (unpaired) electrons. The highest BCUT2D eigenvalue weighted by Gasteiger charge is 2.33. The molecule has 0 atom stereocenters. The van der Waals surface area contributed by atoms with E-state index in [9.17, 15) is 4.79 Å². The van der Waals surface area contributed by atoms with Gasteiger partial charge in [-0.25, -0.2) is 0 Å². The quantitative estimate of drug-likeness (QED) is 0.160. The summed E-state index contributed by atoms with van der Waals surface area (Å²) in [5, 5.41) is 0.890. The number of hydrogen-bond donors (Lipinski definition) is 0. The van der Waals surface area contributed by atoms with Crippen LogP contribution in [0.3, 0.4) is 0 Å². The van der Waals surface area contributed by atoms with Gasteiger partial charge in [0.2, 0.25) is 0 Å². The number of rotatable bonds is 9. The molecule has 0 aromatic heterocycles. The van der Waals surface area contributed by atoms with Gasteiger partial charge < -0.3 is 14.2 Å². The van der Waals surface area contributed by atoms with Crippen LogP contribution in [0.2, 0.25) is 10.0 Å². The number of thiocarbonyl (C=S) groups is 1. The first-order valence-corrected chi connectivity index (χ1v) is 12.8. The minimum atomic E-state index is -0.183. The van der Waals surface area contributed by atoms with Crippen molar-refractivity contribution >= 4 is 69.2 Å². The highest BCUT2D eigenvalue weighted by molar-refractivity contribution is 8.27. The van der Waals surface area contributed by atoms with Crippen LogP contribution in [-0.4, -0.2) is 30.0 Å². The van der Waals surface area contributed by atoms with Gasteiger partial charge in [-0.2, -0.15) is 0 Å². The van der Waals surface area contributed by atoms with Crippen molar-refractivity contribution in [2.75, 3.05) is 24.7 Å². The highest BCUT2D eigenvalue weighted by Crippen LogP contribution is 2.40. The first-order chi connectivity index (χ1) is 17.0. The lowest BCUT2D eigenvalue weighted by molar-refractivity contribution is -0.113. The number of hydrogen-bond acceptors (Lipinski definition) is 6. The molecule has 1 aliphatic heterocycles. The maximum Gasteiger partial charge on any atom is 0.270 e. The molecule has 5 nitrogen and oxygen atoms in total. The maximum atomic E-state index is 13.0. The molecule has 0 saturated carbocycles. The van der Waals surface area contributed by atoms with Gasteiger partial charge in [0.25, 0.3) is 5.91 Å². The first-order valence-electron chi connectivity index (χ1n) is 10.8. The third kappa shape index (κ3) is 6.11. The summed E-state index contributed by atoms with van der Waals surface area (Å²) in [5.41, 5.74) is 1.43. The van der Waals surface area contributed by atoms with Crippen LogP contribution in [0.15, 0.2) is 71.6 Å². The van der Waals surface area contributed by atoms with E-state index < -0.39 is 0 Å². The smallest absolute Gasteiger partial charge is 0.270 e. The van der Waals surface area contributed by atoms with E-state index in [1.165, 1.54) is 16.7 Å². The van der Waals surface area contributed by atoms with E-state index in [0.29, 0.717) is 48.7 Å². The van der Waals surface area contributed by atoms with E-state index in [0.717, 1.165) is 5.69 Å². The largest absolute Gasteiger partial charge is 0.490 e. The van der Waals surface area contributed by atoms with Gasteiger partial charge in [-0.3, -0.25) is 9.69 Å². The Hall–Kier alpha value is -2.71. The first kappa shape index (κ1) is 25.4. The average molecular weight is 546 g/mol. The van der Waals surface area contributed by atoms with Crippen LogP contribution in [0.25, 0.3) is 6.08 Å². The molecule has 180 valence electrons. The van der Waals surface area contributed by atoms with E-state index in [2.05, 4.69) is 0 Å². The number of anilines is 1. The molecule has 1 saturated heterocycles. The Morgan fingerprint density at radius 1 is 0.914 bits per heavy atom. The predicted molar refractivity (Wildman–Crippen MR) is 147 cm³/mol. The third-order valence-corrected chi connectivity index (χ3v) is 6.76. The summed E-state index contributed by atoms with van der Waals surface area (Å²) in [5.74, 6) is 1.28. The SMILES string of the molecule is CCOc1cc(C=C2SC(=S)N(c3ccccc3)C2=O)cc(Cl)c1OCCOc1ccccc1Cl. The van der Waals surface area contributed by atoms with Crippen LogP contribution < -0.4 is 19.1 Å². The average Bonchev–Trinajstić information content (AvgIpc) is 3.12. The van der Waals surface area contributed by atoms with Crippen molar-refractivity contribution in [3.8, 4) is 17.2 Å². The zero-order valence-electron chi connectivity index (χ0n) is 18.7. The van der Waals surface area contributed by atoms with Crippen molar-refractivity contribution in [2.45, 2.75) is 6.92 Å². The minimum Gasteiger partial charge on any atom is -0.490 e. The van der Waals surface area contributed by atoms with Crippen molar-refractivity contribution < 1.29 is 19.0 Å². The number of para-hydroxylation sites is 2. The Labute approximate surface area is 223 Å². The molecule has 1 fully saturated rings. The van der Waals surface area contributed by atoms with Crippen LogP contribution in [0, 0.1) is 0 Å². The molecule has 0 unspecified atom stereocenters. The van der Waals surface area contributed by atoms with Crippen molar-refractivity contribution in [2.24, 2.45) is 0 Å². The molecule has 4 rings (SSSR count). The molecule has 1 heterocycles. The summed E-state index contributed by atoms with van der Waals surface area (Å²) in [6, 6.07) is 20.1. The topological polar surface area (TPSA) is 48.0 Å². The molecule has 0 bridgehead atoms. The molecular weight excluding hydrogens is 525 g/mol. The van der Waals surface area contributed by atoms with Gasteiger partial charge in [-0.15, -0.1) is 0 Å². The summed E-state index contributed by atoms with van der Waals surface area (Å²) in [6.07, 6.45) is 1.75. The summed E-state index contributed by atoms with van der Waals surface area (Å²) in [4.78, 5) is 15.1. The number of carbonyl (C=O) groups is 1. The second kappa shape index (κ2) is 11.8. The van der Waals surface area contributed by atoms with Crippen LogP contribution in [-0.2, 0) is 4.79 Å². The highest BCUT2D eigenvalue weighted by atomic mass is 35.5. The van der Waals surface area contributed by atoms with Crippen LogP contribution >= 0.6 is 47.2 Å². The van der Waals surface area contributed by atoms with Crippen LogP contribution in [0.4, 0.5) is 5.69 Å². The van der Waals surface area contributed by atoms with Gasteiger partial charge >= 0.3 is 0 Å². The number of thioether (sulfide) groups is 1. The normalized spacial score (nSPS) is 14.5. The Morgan fingerprint density at radius 2 is 1.63 bits per heavy atom. The molecule has 3 aromatic carbocycles. The van der Waals surface area contributed by atoms with E-state index in [1.807, 2.05) is 49.4 Å². The zero-order chi connectivity index (χ0) is 24.8. The second-order valence-corrected chi connectivity index (χ2v) is 9.73. The van der Waals surface area contributed by atoms with Crippen LogP contribution in [0.1, 0.15) is 12.5 Å². The standard InChI is InChI=1S/C26H21Cl2NO4S2/c1-2-31-22-15-17(16-23-25(30)29(26(34)35-23)18-8-4-3-5-9-18)14-20(28)24(22)33-13-12-32-21-11-7-6-10-19(21)27/h3-11,14-16H,2,12-13H2,1H3. The van der Waals surface area contributed by atoms with Gasteiger partial charge in [0.1, 0.15) is 19.0 Å². The van der Waals surface area contributed by atoms with Gasteiger partial charge in [-0.1, -0.05) is 77.5 Å². The number of amides is 1. The van der Waals surface area contributed by atoms with Crippen molar-refractivity contribution in [1.82, 2.24) is 0 Å². The fourth-order valence-corrected chi connectivity index (χ4v) is 5.11. The van der Waals surface area contributed by atoms with Gasteiger partial charge in [-0.05, 0) is 55.0 Å². The maximum absolute atomic E-state index is 13.0. The Kier molecular flexibility index (Phi) is 8.57. The van der Waals surface area contributed by atoms with Gasteiger partial charge in [0.05, 0.1) is 27.2 Å². The summed E-state index contributed by atoms with van der Waals surface area (Å²) in [7, 11) is 0. The van der Waals surface area contributed by atoms with E-state index in [1.54, 1.807) is 30.3 Å². The Morgan fingerprint density at radius 3 is 2.37 bits per heavy atom. The molecule has 0 spiro atoms. The number of nitrogens with zero attached hydrogens (tertiary/aromatic N) is 1. The Bertz CT molecular complexity index is 1270. The fraction of sp³-hybridized carbons (Fsp3) is 0.154. The number of ether oxygens (including phenoxy) is 3. The van der Waals surface area contributed by atoms with Gasteiger partial charge in [0, 0.05) is 0 Å². The molecule has 0 aliphatic carbocycles. The van der Waals surface area contributed by atoms with Crippen LogP contribution in [0.5, 0.6) is 17.2 Å².